The standard InChI is InChI=1S/C19H23NO5S/c1-12(2)15-11-18(13(3)10-17(15)24-4)26(22,23)20-16-9-7-6-8-14(16)19(21)25-5/h6-12,20H,1-5H3. The van der Waals surface area contributed by atoms with Gasteiger partial charge in [-0.1, -0.05) is 26.0 Å². The molecule has 0 unspecified atom stereocenters. The molecule has 0 aliphatic heterocycles. The van der Waals surface area contributed by atoms with Crippen LogP contribution in [0.3, 0.4) is 0 Å². The number of para-hydroxylation sites is 1. The molecule has 2 aromatic rings. The van der Waals surface area contributed by atoms with E-state index < -0.39 is 16.0 Å². The highest BCUT2D eigenvalue weighted by atomic mass is 32.2. The molecule has 2 aromatic carbocycles. The number of anilines is 1. The first-order valence-electron chi connectivity index (χ1n) is 8.10. The number of sulfonamides is 1. The summed E-state index contributed by atoms with van der Waals surface area (Å²) in [5, 5.41) is 0. The molecule has 1 N–H and O–H groups in total. The average molecular weight is 377 g/mol. The fourth-order valence-corrected chi connectivity index (χ4v) is 4.00. The lowest BCUT2D eigenvalue weighted by molar-refractivity contribution is 0.0602. The summed E-state index contributed by atoms with van der Waals surface area (Å²) in [4.78, 5) is 12.0. The fraction of sp³-hybridized carbons (Fsp3) is 0.316. The number of nitrogens with one attached hydrogen (secondary N) is 1. The maximum Gasteiger partial charge on any atom is 0.339 e. The molecular weight excluding hydrogens is 354 g/mol. The molecule has 140 valence electrons. The van der Waals surface area contributed by atoms with Crippen LogP contribution in [0.1, 0.15) is 41.3 Å². The minimum atomic E-state index is -3.90. The van der Waals surface area contributed by atoms with Crippen LogP contribution >= 0.6 is 0 Å². The lowest BCUT2D eigenvalue weighted by atomic mass is 10.0. The van der Waals surface area contributed by atoms with Crippen LogP contribution in [0.2, 0.25) is 0 Å². The number of aryl methyl sites for hydroxylation is 1. The predicted molar refractivity (Wildman–Crippen MR) is 100 cm³/mol. The predicted octanol–water partition coefficient (Wildman–Crippen LogP) is 3.71. The van der Waals surface area contributed by atoms with E-state index in [4.69, 9.17) is 9.47 Å². The second-order valence-corrected chi connectivity index (χ2v) is 7.81. The van der Waals surface area contributed by atoms with Crippen LogP contribution in [-0.4, -0.2) is 28.6 Å². The summed E-state index contributed by atoms with van der Waals surface area (Å²) < 4.78 is 38.5. The van der Waals surface area contributed by atoms with Gasteiger partial charge in [-0.3, -0.25) is 4.72 Å². The van der Waals surface area contributed by atoms with E-state index in [2.05, 4.69) is 4.72 Å². The molecule has 6 nitrogen and oxygen atoms in total. The largest absolute Gasteiger partial charge is 0.496 e. The summed E-state index contributed by atoms with van der Waals surface area (Å²) in [5.41, 5.74) is 1.66. The Balaban J connectivity index is 2.53. The van der Waals surface area contributed by atoms with Crippen LogP contribution in [0.5, 0.6) is 5.75 Å². The third-order valence-electron chi connectivity index (χ3n) is 4.02. The fourth-order valence-electron chi connectivity index (χ4n) is 2.65. The monoisotopic (exact) mass is 377 g/mol. The van der Waals surface area contributed by atoms with E-state index in [0.717, 1.165) is 5.56 Å². The maximum absolute atomic E-state index is 13.0. The first kappa shape index (κ1) is 19.8. The molecule has 2 rings (SSSR count). The molecule has 0 heterocycles. The highest BCUT2D eigenvalue weighted by molar-refractivity contribution is 7.92. The van der Waals surface area contributed by atoms with E-state index in [0.29, 0.717) is 11.3 Å². The Morgan fingerprint density at radius 1 is 1.12 bits per heavy atom. The van der Waals surface area contributed by atoms with Crippen molar-refractivity contribution in [3.63, 3.8) is 0 Å². The second kappa shape index (κ2) is 7.78. The van der Waals surface area contributed by atoms with E-state index in [9.17, 15) is 13.2 Å². The van der Waals surface area contributed by atoms with Crippen LogP contribution in [0.15, 0.2) is 41.3 Å². The van der Waals surface area contributed by atoms with Crippen molar-refractivity contribution in [2.45, 2.75) is 31.6 Å². The Kier molecular flexibility index (Phi) is 5.92. The first-order chi connectivity index (χ1) is 12.2. The normalized spacial score (nSPS) is 11.3. The average Bonchev–Trinajstić information content (AvgIpc) is 2.60. The minimum Gasteiger partial charge on any atom is -0.496 e. The summed E-state index contributed by atoms with van der Waals surface area (Å²) in [5.74, 6) is 0.117. The number of ether oxygens (including phenoxy) is 2. The Labute approximate surface area is 154 Å². The molecule has 0 saturated carbocycles. The lowest BCUT2D eigenvalue weighted by Gasteiger charge is -2.17. The Hall–Kier alpha value is -2.54. The van der Waals surface area contributed by atoms with Crippen LogP contribution in [0.25, 0.3) is 0 Å². The Morgan fingerprint density at radius 2 is 1.77 bits per heavy atom. The van der Waals surface area contributed by atoms with Gasteiger partial charge < -0.3 is 9.47 Å². The number of hydrogen-bond acceptors (Lipinski definition) is 5. The van der Waals surface area contributed by atoms with E-state index in [1.807, 2.05) is 13.8 Å². The van der Waals surface area contributed by atoms with Gasteiger partial charge in [0.2, 0.25) is 0 Å². The van der Waals surface area contributed by atoms with Crippen molar-refractivity contribution in [2.75, 3.05) is 18.9 Å². The molecule has 26 heavy (non-hydrogen) atoms. The zero-order valence-electron chi connectivity index (χ0n) is 15.5. The molecular formula is C19H23NO5S. The van der Waals surface area contributed by atoms with Gasteiger partial charge in [0.15, 0.2) is 0 Å². The lowest BCUT2D eigenvalue weighted by Crippen LogP contribution is -2.17. The Morgan fingerprint density at radius 3 is 2.35 bits per heavy atom. The van der Waals surface area contributed by atoms with E-state index in [1.54, 1.807) is 38.3 Å². The summed E-state index contributed by atoms with van der Waals surface area (Å²) in [6.45, 7) is 5.63. The molecule has 0 spiro atoms. The topological polar surface area (TPSA) is 81.7 Å². The smallest absolute Gasteiger partial charge is 0.339 e. The summed E-state index contributed by atoms with van der Waals surface area (Å²) in [6, 6.07) is 9.62. The van der Waals surface area contributed by atoms with E-state index >= 15 is 0 Å². The van der Waals surface area contributed by atoms with Gasteiger partial charge in [-0.25, -0.2) is 13.2 Å². The van der Waals surface area contributed by atoms with Crippen molar-refractivity contribution in [1.82, 2.24) is 0 Å². The van der Waals surface area contributed by atoms with Crippen molar-refractivity contribution in [1.29, 1.82) is 0 Å². The quantitative estimate of drug-likeness (QED) is 0.776. The van der Waals surface area contributed by atoms with Gasteiger partial charge in [0.25, 0.3) is 10.0 Å². The number of methoxy groups -OCH3 is 2. The van der Waals surface area contributed by atoms with Gasteiger partial charge in [-0.15, -0.1) is 0 Å². The number of esters is 1. The second-order valence-electron chi connectivity index (χ2n) is 6.16. The molecule has 0 bridgehead atoms. The number of rotatable bonds is 6. The highest BCUT2D eigenvalue weighted by Gasteiger charge is 2.23. The van der Waals surface area contributed by atoms with E-state index in [1.165, 1.54) is 19.2 Å². The zero-order valence-corrected chi connectivity index (χ0v) is 16.3. The van der Waals surface area contributed by atoms with Gasteiger partial charge in [0, 0.05) is 0 Å². The summed E-state index contributed by atoms with van der Waals surface area (Å²) in [6.07, 6.45) is 0. The van der Waals surface area contributed by atoms with Crippen molar-refractivity contribution in [2.24, 2.45) is 0 Å². The molecule has 0 aliphatic carbocycles. The number of benzene rings is 2. The highest BCUT2D eigenvalue weighted by Crippen LogP contribution is 2.32. The van der Waals surface area contributed by atoms with E-state index in [-0.39, 0.29) is 22.1 Å². The number of carbonyl (C=O) groups is 1. The minimum absolute atomic E-state index is 0.0851. The van der Waals surface area contributed by atoms with Crippen molar-refractivity contribution in [3.8, 4) is 5.75 Å². The van der Waals surface area contributed by atoms with Crippen molar-refractivity contribution < 1.29 is 22.7 Å². The molecule has 0 aliphatic rings. The van der Waals surface area contributed by atoms with Crippen LogP contribution in [0, 0.1) is 6.92 Å². The molecule has 0 aromatic heterocycles. The van der Waals surface area contributed by atoms with Gasteiger partial charge >= 0.3 is 5.97 Å². The number of carbonyl (C=O) groups excluding carboxylic acids is 1. The maximum atomic E-state index is 13.0. The first-order valence-corrected chi connectivity index (χ1v) is 9.58. The van der Waals surface area contributed by atoms with Crippen LogP contribution < -0.4 is 9.46 Å². The molecule has 7 heteroatoms. The molecule has 0 atom stereocenters. The summed E-state index contributed by atoms with van der Waals surface area (Å²) in [7, 11) is -1.10. The van der Waals surface area contributed by atoms with Gasteiger partial charge in [0.05, 0.1) is 30.4 Å². The summed E-state index contributed by atoms with van der Waals surface area (Å²) >= 11 is 0. The molecule has 0 saturated heterocycles. The van der Waals surface area contributed by atoms with Crippen LogP contribution in [-0.2, 0) is 14.8 Å². The van der Waals surface area contributed by atoms with Gasteiger partial charge in [-0.2, -0.15) is 0 Å². The Bertz CT molecular complexity index is 920. The zero-order chi connectivity index (χ0) is 19.5. The van der Waals surface area contributed by atoms with Gasteiger partial charge in [0.1, 0.15) is 5.75 Å². The molecule has 0 radical (unpaired) electrons. The molecule has 0 fully saturated rings. The third kappa shape index (κ3) is 3.99. The van der Waals surface area contributed by atoms with Crippen molar-refractivity contribution in [3.05, 3.63) is 53.1 Å². The van der Waals surface area contributed by atoms with Gasteiger partial charge in [-0.05, 0) is 48.2 Å². The van der Waals surface area contributed by atoms with Crippen molar-refractivity contribution >= 4 is 21.7 Å². The molecule has 0 amide bonds. The third-order valence-corrected chi connectivity index (χ3v) is 5.52. The SMILES string of the molecule is COC(=O)c1ccccc1NS(=O)(=O)c1cc(C(C)C)c(OC)cc1C. The number of hydrogen-bond donors (Lipinski definition) is 1. The van der Waals surface area contributed by atoms with Crippen LogP contribution in [0.4, 0.5) is 5.69 Å².